The Bertz CT molecular complexity index is 526. The molecule has 0 radical (unpaired) electrons. The van der Waals surface area contributed by atoms with Crippen molar-refractivity contribution in [2.45, 2.75) is 96.5 Å². The summed E-state index contributed by atoms with van der Waals surface area (Å²) in [6.45, 7) is -0.452. The van der Waals surface area contributed by atoms with Crippen molar-refractivity contribution < 1.29 is 13.5 Å². The van der Waals surface area contributed by atoms with Crippen LogP contribution in [0.2, 0.25) is 0 Å². The van der Waals surface area contributed by atoms with E-state index in [1.165, 1.54) is 82.6 Å². The number of hydrogen-bond acceptors (Lipinski definition) is 1. The molecule has 0 bridgehead atoms. The van der Waals surface area contributed by atoms with Crippen LogP contribution in [0.1, 0.15) is 95.5 Å². The molecule has 0 aromatic heterocycles. The molecule has 3 rings (SSSR count). The Balaban J connectivity index is 1.40. The van der Waals surface area contributed by atoms with Crippen molar-refractivity contribution >= 4 is 0 Å². The Kier molecular flexibility index (Phi) is 7.96. The molecule has 1 aromatic rings. The van der Waals surface area contributed by atoms with Gasteiger partial charge >= 0.3 is 6.61 Å². The second-order valence-electron chi connectivity index (χ2n) is 8.84. The molecule has 0 aliphatic heterocycles. The van der Waals surface area contributed by atoms with Gasteiger partial charge in [0.05, 0.1) is 0 Å². The molecule has 3 heteroatoms. The lowest BCUT2D eigenvalue weighted by molar-refractivity contribution is -0.0498. The van der Waals surface area contributed by atoms with Crippen LogP contribution in [0.4, 0.5) is 8.78 Å². The standard InChI is InChI=1S/C24H36F2O/c1-2-3-4-5-18-6-8-19(9-7-18)20-10-12-21(13-11-20)22-14-16-23(17-15-22)27-24(25)26/h14-21,24H,2-13H2,1H3/t18-,19-,20-,21-. The van der Waals surface area contributed by atoms with Gasteiger partial charge in [-0.3, -0.25) is 0 Å². The van der Waals surface area contributed by atoms with E-state index in [9.17, 15) is 8.78 Å². The minimum Gasteiger partial charge on any atom is -0.435 e. The van der Waals surface area contributed by atoms with Crippen LogP contribution in [0.5, 0.6) is 5.75 Å². The summed E-state index contributed by atoms with van der Waals surface area (Å²) >= 11 is 0. The maximum absolute atomic E-state index is 12.3. The Morgan fingerprint density at radius 2 is 1.44 bits per heavy atom. The van der Waals surface area contributed by atoms with Crippen molar-refractivity contribution in [2.75, 3.05) is 0 Å². The highest BCUT2D eigenvalue weighted by atomic mass is 19.3. The summed E-state index contributed by atoms with van der Waals surface area (Å²) in [6.07, 6.45) is 16.6. The summed E-state index contributed by atoms with van der Waals surface area (Å²) in [5.41, 5.74) is 1.29. The SMILES string of the molecule is CCCCC[C@H]1CC[C@H]([C@H]2CC[C@H](c3ccc(OC(F)F)cc3)CC2)CC1. The molecular formula is C24H36F2O. The zero-order chi connectivity index (χ0) is 19.1. The molecule has 2 fully saturated rings. The van der Waals surface area contributed by atoms with Crippen molar-refractivity contribution in [3.63, 3.8) is 0 Å². The fourth-order valence-electron chi connectivity index (χ4n) is 5.48. The molecule has 0 amide bonds. The highest BCUT2D eigenvalue weighted by molar-refractivity contribution is 5.29. The van der Waals surface area contributed by atoms with E-state index in [-0.39, 0.29) is 5.75 Å². The monoisotopic (exact) mass is 378 g/mol. The number of benzene rings is 1. The van der Waals surface area contributed by atoms with E-state index in [4.69, 9.17) is 0 Å². The van der Waals surface area contributed by atoms with Gasteiger partial charge in [-0.25, -0.2) is 0 Å². The number of hydrogen-bond donors (Lipinski definition) is 0. The van der Waals surface area contributed by atoms with E-state index in [0.29, 0.717) is 5.92 Å². The van der Waals surface area contributed by atoms with Gasteiger partial charge in [0.15, 0.2) is 0 Å². The molecule has 0 unspecified atom stereocenters. The molecule has 1 nitrogen and oxygen atoms in total. The molecule has 0 atom stereocenters. The van der Waals surface area contributed by atoms with Gasteiger partial charge in [-0.2, -0.15) is 8.78 Å². The topological polar surface area (TPSA) is 9.23 Å². The average molecular weight is 379 g/mol. The average Bonchev–Trinajstić information content (AvgIpc) is 2.69. The quantitative estimate of drug-likeness (QED) is 0.417. The molecule has 0 heterocycles. The Labute approximate surface area is 163 Å². The highest BCUT2D eigenvalue weighted by Crippen LogP contribution is 2.44. The van der Waals surface area contributed by atoms with E-state index < -0.39 is 6.61 Å². The number of halogens is 2. The van der Waals surface area contributed by atoms with Crippen molar-refractivity contribution in [2.24, 2.45) is 17.8 Å². The summed E-state index contributed by atoms with van der Waals surface area (Å²) in [5, 5.41) is 0. The van der Waals surface area contributed by atoms with E-state index in [1.54, 1.807) is 12.1 Å². The van der Waals surface area contributed by atoms with Gasteiger partial charge in [0.25, 0.3) is 0 Å². The van der Waals surface area contributed by atoms with Crippen molar-refractivity contribution in [1.82, 2.24) is 0 Å². The normalized spacial score (nSPS) is 29.0. The fraction of sp³-hybridized carbons (Fsp3) is 0.750. The van der Waals surface area contributed by atoms with Gasteiger partial charge in [-0.15, -0.1) is 0 Å². The molecule has 27 heavy (non-hydrogen) atoms. The first-order valence-corrected chi connectivity index (χ1v) is 11.2. The zero-order valence-corrected chi connectivity index (χ0v) is 16.8. The molecular weight excluding hydrogens is 342 g/mol. The lowest BCUT2D eigenvalue weighted by atomic mass is 9.68. The third kappa shape index (κ3) is 6.19. The first-order valence-electron chi connectivity index (χ1n) is 11.2. The van der Waals surface area contributed by atoms with Crippen LogP contribution in [0.15, 0.2) is 24.3 Å². The van der Waals surface area contributed by atoms with Gasteiger partial charge in [0.1, 0.15) is 5.75 Å². The summed E-state index contributed by atoms with van der Waals surface area (Å²) in [4.78, 5) is 0. The van der Waals surface area contributed by atoms with Gasteiger partial charge in [0, 0.05) is 0 Å². The molecule has 0 saturated heterocycles. The molecule has 2 aliphatic carbocycles. The van der Waals surface area contributed by atoms with Gasteiger partial charge in [0.2, 0.25) is 0 Å². The third-order valence-electron chi connectivity index (χ3n) is 7.12. The maximum Gasteiger partial charge on any atom is 0.387 e. The van der Waals surface area contributed by atoms with Crippen LogP contribution >= 0.6 is 0 Å². The predicted octanol–water partition coefficient (Wildman–Crippen LogP) is 7.95. The van der Waals surface area contributed by atoms with E-state index in [2.05, 4.69) is 11.7 Å². The van der Waals surface area contributed by atoms with Crippen LogP contribution in [-0.2, 0) is 0 Å². The van der Waals surface area contributed by atoms with Crippen LogP contribution < -0.4 is 4.74 Å². The van der Waals surface area contributed by atoms with Crippen molar-refractivity contribution in [1.29, 1.82) is 0 Å². The Morgan fingerprint density at radius 3 is 2.00 bits per heavy atom. The number of alkyl halides is 2. The summed E-state index contributed by atoms with van der Waals surface area (Å²) in [6, 6.07) is 7.33. The van der Waals surface area contributed by atoms with Crippen molar-refractivity contribution in [3.8, 4) is 5.75 Å². The lowest BCUT2D eigenvalue weighted by Crippen LogP contribution is -2.25. The summed E-state index contributed by atoms with van der Waals surface area (Å²) in [5.74, 6) is 3.72. The number of ether oxygens (including phenoxy) is 1. The molecule has 152 valence electrons. The molecule has 1 aromatic carbocycles. The van der Waals surface area contributed by atoms with Crippen LogP contribution in [0, 0.1) is 17.8 Å². The van der Waals surface area contributed by atoms with E-state index in [1.807, 2.05) is 12.1 Å². The second kappa shape index (κ2) is 10.4. The van der Waals surface area contributed by atoms with E-state index in [0.717, 1.165) is 17.8 Å². The number of rotatable bonds is 8. The second-order valence-corrected chi connectivity index (χ2v) is 8.84. The maximum atomic E-state index is 12.3. The fourth-order valence-corrected chi connectivity index (χ4v) is 5.48. The highest BCUT2D eigenvalue weighted by Gasteiger charge is 2.31. The Hall–Kier alpha value is -1.12. The van der Waals surface area contributed by atoms with Gasteiger partial charge in [-0.1, -0.05) is 57.6 Å². The third-order valence-corrected chi connectivity index (χ3v) is 7.12. The van der Waals surface area contributed by atoms with Crippen molar-refractivity contribution in [3.05, 3.63) is 29.8 Å². The smallest absolute Gasteiger partial charge is 0.387 e. The van der Waals surface area contributed by atoms with Crippen LogP contribution in [0.25, 0.3) is 0 Å². The van der Waals surface area contributed by atoms with E-state index >= 15 is 0 Å². The van der Waals surface area contributed by atoms with Gasteiger partial charge in [-0.05, 0) is 79.9 Å². The Morgan fingerprint density at radius 1 is 0.852 bits per heavy atom. The summed E-state index contributed by atoms with van der Waals surface area (Å²) < 4.78 is 29.0. The largest absolute Gasteiger partial charge is 0.435 e. The minimum absolute atomic E-state index is 0.262. The molecule has 2 saturated carbocycles. The van der Waals surface area contributed by atoms with Crippen LogP contribution in [0.3, 0.4) is 0 Å². The van der Waals surface area contributed by atoms with Gasteiger partial charge < -0.3 is 4.74 Å². The molecule has 0 spiro atoms. The first-order chi connectivity index (χ1) is 13.2. The molecule has 0 N–H and O–H groups in total. The minimum atomic E-state index is -2.74. The predicted molar refractivity (Wildman–Crippen MR) is 107 cm³/mol. The zero-order valence-electron chi connectivity index (χ0n) is 16.8. The summed E-state index contributed by atoms with van der Waals surface area (Å²) in [7, 11) is 0. The molecule has 2 aliphatic rings. The number of unbranched alkanes of at least 4 members (excludes halogenated alkanes) is 2. The lowest BCUT2D eigenvalue weighted by Gasteiger charge is -2.38. The van der Waals surface area contributed by atoms with Crippen LogP contribution in [-0.4, -0.2) is 6.61 Å². The first kappa shape index (κ1) is 20.6.